The minimum absolute atomic E-state index is 0.0797. The molecule has 1 aromatic carbocycles. The zero-order valence-electron chi connectivity index (χ0n) is 9.53. The van der Waals surface area contributed by atoms with Gasteiger partial charge in [-0.15, -0.1) is 0 Å². The topological polar surface area (TPSA) is 72.2 Å². The second-order valence-corrected chi connectivity index (χ2v) is 5.36. The number of benzene rings is 1. The Labute approximate surface area is 108 Å². The van der Waals surface area contributed by atoms with Crippen molar-refractivity contribution in [1.29, 1.82) is 0 Å². The fourth-order valence-corrected chi connectivity index (χ4v) is 2.65. The predicted molar refractivity (Wildman–Crippen MR) is 70.4 cm³/mol. The Bertz CT molecular complexity index is 437. The number of carbonyl (C=O) groups excluding carboxylic acids is 1. The molecule has 0 heterocycles. The maximum atomic E-state index is 11.9. The minimum Gasteiger partial charge on any atom is -0.399 e. The molecular weight excluding hydrogens is 260 g/mol. The lowest BCUT2D eigenvalue weighted by molar-refractivity contribution is -0.118. The van der Waals surface area contributed by atoms with Crippen molar-refractivity contribution in [2.24, 2.45) is 0 Å². The van der Waals surface area contributed by atoms with E-state index in [0.29, 0.717) is 22.2 Å². The van der Waals surface area contributed by atoms with Gasteiger partial charge in [0.05, 0.1) is 20.7 Å². The van der Waals surface area contributed by atoms with Crippen LogP contribution in [0.4, 0.5) is 5.69 Å². The van der Waals surface area contributed by atoms with Gasteiger partial charge >= 0.3 is 0 Å². The zero-order valence-corrected chi connectivity index (χ0v) is 11.1. The summed E-state index contributed by atoms with van der Waals surface area (Å²) in [5.41, 5.74) is 6.04. The summed E-state index contributed by atoms with van der Waals surface area (Å²) in [6.45, 7) is 2.54. The van der Waals surface area contributed by atoms with Crippen LogP contribution in [0.3, 0.4) is 0 Å². The Morgan fingerprint density at radius 3 is 2.82 bits per heavy atom. The van der Waals surface area contributed by atoms with Crippen LogP contribution in [-0.2, 0) is 15.6 Å². The quantitative estimate of drug-likeness (QED) is 0.801. The highest BCUT2D eigenvalue weighted by Gasteiger charge is 2.12. The third kappa shape index (κ3) is 4.36. The molecule has 6 heteroatoms. The number of nitrogen functional groups attached to an aromatic ring is 1. The molecule has 1 aromatic rings. The normalized spacial score (nSPS) is 12.1. The summed E-state index contributed by atoms with van der Waals surface area (Å²) in [6.07, 6.45) is 0.848. The van der Waals surface area contributed by atoms with Gasteiger partial charge in [-0.3, -0.25) is 9.00 Å². The highest BCUT2D eigenvalue weighted by molar-refractivity contribution is 7.85. The van der Waals surface area contributed by atoms with Crippen LogP contribution in [0, 0.1) is 0 Å². The van der Waals surface area contributed by atoms with Crippen molar-refractivity contribution in [2.75, 3.05) is 18.0 Å². The summed E-state index contributed by atoms with van der Waals surface area (Å²) < 4.78 is 11.9. The second kappa shape index (κ2) is 6.61. The number of rotatable bonds is 5. The first-order valence-corrected chi connectivity index (χ1v) is 6.94. The van der Waals surface area contributed by atoms with Crippen LogP contribution in [0.5, 0.6) is 0 Å². The Balaban J connectivity index is 2.67. The Morgan fingerprint density at radius 2 is 2.24 bits per heavy atom. The molecule has 1 amide bonds. The highest BCUT2D eigenvalue weighted by atomic mass is 35.5. The number of hydrogen-bond acceptors (Lipinski definition) is 3. The largest absolute Gasteiger partial charge is 0.399 e. The molecule has 94 valence electrons. The number of anilines is 1. The summed E-state index contributed by atoms with van der Waals surface area (Å²) in [7, 11) is -1.44. The average Bonchev–Trinajstić information content (AvgIpc) is 2.26. The highest BCUT2D eigenvalue weighted by Crippen LogP contribution is 2.22. The van der Waals surface area contributed by atoms with Gasteiger partial charge in [0.15, 0.2) is 0 Å². The fraction of sp³-hybridized carbons (Fsp3) is 0.364. The first-order valence-electron chi connectivity index (χ1n) is 5.24. The first-order chi connectivity index (χ1) is 8.04. The maximum absolute atomic E-state index is 11.9. The monoisotopic (exact) mass is 274 g/mol. The van der Waals surface area contributed by atoms with Gasteiger partial charge in [0.25, 0.3) is 0 Å². The van der Waals surface area contributed by atoms with Gasteiger partial charge in [-0.05, 0) is 24.6 Å². The van der Waals surface area contributed by atoms with Gasteiger partial charge in [0.2, 0.25) is 5.91 Å². The van der Waals surface area contributed by atoms with Crippen molar-refractivity contribution in [3.05, 3.63) is 23.2 Å². The first kappa shape index (κ1) is 14.0. The van der Waals surface area contributed by atoms with Crippen LogP contribution in [0.25, 0.3) is 0 Å². The molecule has 0 aliphatic rings. The van der Waals surface area contributed by atoms with Crippen LogP contribution < -0.4 is 11.1 Å². The van der Waals surface area contributed by atoms with Gasteiger partial charge in [-0.25, -0.2) is 0 Å². The molecule has 1 atom stereocenters. The summed E-state index contributed by atoms with van der Waals surface area (Å²) >= 11 is 5.91. The number of carbonyl (C=O) groups is 1. The number of hydrogen-bond donors (Lipinski definition) is 2. The van der Waals surface area contributed by atoms with Crippen molar-refractivity contribution < 1.29 is 9.00 Å². The molecule has 0 radical (unpaired) electrons. The molecule has 1 rings (SSSR count). The van der Waals surface area contributed by atoms with Crippen LogP contribution in [0.2, 0.25) is 5.02 Å². The van der Waals surface area contributed by atoms with Gasteiger partial charge in [0.1, 0.15) is 5.75 Å². The van der Waals surface area contributed by atoms with Crippen molar-refractivity contribution in [2.45, 2.75) is 18.2 Å². The summed E-state index contributed by atoms with van der Waals surface area (Å²) in [4.78, 5) is 11.8. The molecule has 1 unspecified atom stereocenters. The van der Waals surface area contributed by atoms with E-state index < -0.39 is 10.8 Å². The molecule has 17 heavy (non-hydrogen) atoms. The zero-order chi connectivity index (χ0) is 12.8. The molecule has 0 fully saturated rings. The van der Waals surface area contributed by atoms with E-state index in [-0.39, 0.29) is 11.7 Å². The van der Waals surface area contributed by atoms with Gasteiger partial charge in [-0.1, -0.05) is 18.5 Å². The molecule has 4 nitrogen and oxygen atoms in total. The summed E-state index contributed by atoms with van der Waals surface area (Å²) in [6, 6.07) is 4.72. The smallest absolute Gasteiger partial charge is 0.233 e. The number of nitrogens with one attached hydrogen (secondary N) is 1. The summed E-state index contributed by atoms with van der Waals surface area (Å²) in [5.74, 6) is -0.318. The fourth-order valence-electron chi connectivity index (χ4n) is 1.21. The third-order valence-corrected chi connectivity index (χ3v) is 3.83. The maximum Gasteiger partial charge on any atom is 0.233 e. The van der Waals surface area contributed by atoms with Crippen LogP contribution >= 0.6 is 11.6 Å². The molecule has 0 aliphatic heterocycles. The van der Waals surface area contributed by atoms with E-state index in [1.807, 2.05) is 6.92 Å². The van der Waals surface area contributed by atoms with Crippen LogP contribution in [0.1, 0.15) is 13.3 Å². The lowest BCUT2D eigenvalue weighted by Gasteiger charge is -2.06. The number of amides is 1. The van der Waals surface area contributed by atoms with E-state index in [1.165, 1.54) is 6.07 Å². The molecular formula is C11H15ClN2O2S. The van der Waals surface area contributed by atoms with E-state index in [9.17, 15) is 9.00 Å². The number of nitrogens with two attached hydrogens (primary N) is 1. The number of halogens is 1. The van der Waals surface area contributed by atoms with Crippen molar-refractivity contribution in [3.8, 4) is 0 Å². The average molecular weight is 275 g/mol. The Hall–Kier alpha value is -1.07. The molecule has 0 bridgehead atoms. The minimum atomic E-state index is -1.44. The Morgan fingerprint density at radius 1 is 1.53 bits per heavy atom. The van der Waals surface area contributed by atoms with E-state index in [0.717, 1.165) is 6.42 Å². The van der Waals surface area contributed by atoms with Gasteiger partial charge in [-0.2, -0.15) is 0 Å². The molecule has 0 aromatic heterocycles. The molecule has 0 saturated heterocycles. The molecule has 3 N–H and O–H groups in total. The lowest BCUT2D eigenvalue weighted by atomic mass is 10.3. The van der Waals surface area contributed by atoms with Crippen molar-refractivity contribution in [1.82, 2.24) is 5.32 Å². The second-order valence-electron chi connectivity index (χ2n) is 3.53. The SMILES string of the molecule is CCCNC(=O)CS(=O)c1ccc(N)cc1Cl. The Kier molecular flexibility index (Phi) is 5.44. The molecule has 0 saturated carbocycles. The van der Waals surface area contributed by atoms with Gasteiger partial charge < -0.3 is 11.1 Å². The lowest BCUT2D eigenvalue weighted by Crippen LogP contribution is -2.28. The molecule has 0 aliphatic carbocycles. The van der Waals surface area contributed by atoms with Crippen molar-refractivity contribution >= 4 is 34.0 Å². The van der Waals surface area contributed by atoms with E-state index in [1.54, 1.807) is 12.1 Å². The van der Waals surface area contributed by atoms with E-state index >= 15 is 0 Å². The third-order valence-electron chi connectivity index (χ3n) is 2.04. The molecule has 0 spiro atoms. The van der Waals surface area contributed by atoms with E-state index in [2.05, 4.69) is 5.32 Å². The van der Waals surface area contributed by atoms with Gasteiger partial charge in [0, 0.05) is 12.2 Å². The van der Waals surface area contributed by atoms with Crippen molar-refractivity contribution in [3.63, 3.8) is 0 Å². The standard InChI is InChI=1S/C11H15ClN2O2S/c1-2-5-14-11(15)7-17(16)10-4-3-8(13)6-9(10)12/h3-4,6H,2,5,7,13H2,1H3,(H,14,15). The van der Waals surface area contributed by atoms with Crippen LogP contribution in [0.15, 0.2) is 23.1 Å². The summed E-state index contributed by atoms with van der Waals surface area (Å²) in [5, 5.41) is 2.99. The van der Waals surface area contributed by atoms with Crippen LogP contribution in [-0.4, -0.2) is 22.4 Å². The predicted octanol–water partition coefficient (Wildman–Crippen LogP) is 1.56. The van der Waals surface area contributed by atoms with E-state index in [4.69, 9.17) is 17.3 Å².